The maximum absolute atomic E-state index is 11.9. The first-order chi connectivity index (χ1) is 9.49. The highest BCUT2D eigenvalue weighted by Crippen LogP contribution is 2.61. The minimum absolute atomic E-state index is 0.233. The van der Waals surface area contributed by atoms with E-state index in [4.69, 9.17) is 0 Å². The lowest BCUT2D eigenvalue weighted by Gasteiger charge is -2.55. The van der Waals surface area contributed by atoms with E-state index in [1.807, 2.05) is 24.3 Å². The van der Waals surface area contributed by atoms with E-state index in [-0.39, 0.29) is 5.41 Å². The fourth-order valence-electron chi connectivity index (χ4n) is 4.07. The summed E-state index contributed by atoms with van der Waals surface area (Å²) in [7, 11) is 0. The molecule has 2 nitrogen and oxygen atoms in total. The minimum Gasteiger partial charge on any atom is -0.481 e. The first-order valence-corrected chi connectivity index (χ1v) is 8.27. The molecule has 0 amide bonds. The summed E-state index contributed by atoms with van der Waals surface area (Å²) >= 11 is 3.53. The molecule has 1 N–H and O–H groups in total. The molecule has 0 spiro atoms. The maximum atomic E-state index is 11.9. The Hall–Kier alpha value is -0.830. The molecule has 2 rings (SSSR count). The molecule has 0 radical (unpaired) electrons. The van der Waals surface area contributed by atoms with Crippen LogP contribution >= 0.6 is 15.9 Å². The zero-order valence-electron chi connectivity index (χ0n) is 12.3. The van der Waals surface area contributed by atoms with Gasteiger partial charge in [-0.15, -0.1) is 0 Å². The predicted octanol–water partition coefficient (Wildman–Crippen LogP) is 5.15. The Bertz CT molecular complexity index is 482. The van der Waals surface area contributed by atoms with E-state index in [0.717, 1.165) is 48.6 Å². The number of hydrogen-bond donors (Lipinski definition) is 1. The zero-order chi connectivity index (χ0) is 14.8. The molecule has 110 valence electrons. The average Bonchev–Trinajstić information content (AvgIpc) is 2.36. The smallest absolute Gasteiger partial charge is 0.314 e. The van der Waals surface area contributed by atoms with Crippen LogP contribution < -0.4 is 0 Å². The van der Waals surface area contributed by atoms with Gasteiger partial charge in [-0.3, -0.25) is 4.79 Å². The molecule has 0 heterocycles. The summed E-state index contributed by atoms with van der Waals surface area (Å²) in [5.41, 5.74) is 0.483. The summed E-state index contributed by atoms with van der Waals surface area (Å²) in [6, 6.07) is 7.78. The van der Waals surface area contributed by atoms with Crippen LogP contribution in [0.2, 0.25) is 0 Å². The van der Waals surface area contributed by atoms with Crippen LogP contribution in [0.15, 0.2) is 28.7 Å². The molecule has 3 heteroatoms. The largest absolute Gasteiger partial charge is 0.481 e. The number of rotatable bonds is 6. The average molecular weight is 339 g/mol. The molecule has 1 aliphatic carbocycles. The third kappa shape index (κ3) is 2.52. The van der Waals surface area contributed by atoms with Crippen LogP contribution in [0.3, 0.4) is 0 Å². The monoisotopic (exact) mass is 338 g/mol. The topological polar surface area (TPSA) is 37.3 Å². The van der Waals surface area contributed by atoms with Crippen LogP contribution in [0, 0.1) is 5.41 Å². The molecule has 1 aliphatic rings. The van der Waals surface area contributed by atoms with Crippen molar-refractivity contribution in [3.05, 3.63) is 34.3 Å². The maximum Gasteiger partial charge on any atom is 0.314 e. The number of carboxylic acid groups (broad SMARTS) is 1. The van der Waals surface area contributed by atoms with E-state index in [0.29, 0.717) is 0 Å². The Morgan fingerprint density at radius 3 is 2.20 bits per heavy atom. The first-order valence-electron chi connectivity index (χ1n) is 7.48. The van der Waals surface area contributed by atoms with E-state index >= 15 is 0 Å². The number of hydrogen-bond acceptors (Lipinski definition) is 1. The normalized spacial score (nSPS) is 19.4. The van der Waals surface area contributed by atoms with Gasteiger partial charge >= 0.3 is 5.97 Å². The fourth-order valence-corrected chi connectivity index (χ4v) is 4.74. The number of carboxylic acids is 1. The summed E-state index contributed by atoms with van der Waals surface area (Å²) in [5.74, 6) is -0.674. The summed E-state index contributed by atoms with van der Waals surface area (Å²) in [6.07, 6.45) is 6.09. The molecule has 0 unspecified atom stereocenters. The highest BCUT2D eigenvalue weighted by atomic mass is 79.9. The second-order valence-electron chi connectivity index (χ2n) is 6.22. The van der Waals surface area contributed by atoms with E-state index < -0.39 is 11.4 Å². The lowest BCUT2D eigenvalue weighted by molar-refractivity contribution is -0.156. The Labute approximate surface area is 129 Å². The van der Waals surface area contributed by atoms with Gasteiger partial charge in [-0.2, -0.15) is 0 Å². The van der Waals surface area contributed by atoms with Gasteiger partial charge in [0.05, 0.1) is 5.41 Å². The van der Waals surface area contributed by atoms with E-state index in [9.17, 15) is 9.90 Å². The Balaban J connectivity index is 2.33. The van der Waals surface area contributed by atoms with Gasteiger partial charge in [0.15, 0.2) is 0 Å². The molecule has 0 atom stereocenters. The molecule has 20 heavy (non-hydrogen) atoms. The van der Waals surface area contributed by atoms with Crippen molar-refractivity contribution < 1.29 is 9.90 Å². The standard InChI is InChI=1S/C17H23BrO2/c1-3-9-16(10-4-2)11-17(12-16,15(19)20)13-7-5-6-8-14(13)18/h5-8H,3-4,9-12H2,1-2H3,(H,19,20). The van der Waals surface area contributed by atoms with Crippen LogP contribution in [0.25, 0.3) is 0 Å². The van der Waals surface area contributed by atoms with Gasteiger partial charge in [0.25, 0.3) is 0 Å². The summed E-state index contributed by atoms with van der Waals surface area (Å²) in [5, 5.41) is 9.81. The zero-order valence-corrected chi connectivity index (χ0v) is 13.9. The van der Waals surface area contributed by atoms with E-state index in [2.05, 4.69) is 29.8 Å². The predicted molar refractivity (Wildman–Crippen MR) is 84.9 cm³/mol. The first kappa shape index (κ1) is 15.6. The van der Waals surface area contributed by atoms with E-state index in [1.54, 1.807) is 0 Å². The second-order valence-corrected chi connectivity index (χ2v) is 7.07. The molecular formula is C17H23BrO2. The Morgan fingerprint density at radius 2 is 1.75 bits per heavy atom. The highest BCUT2D eigenvalue weighted by Gasteiger charge is 2.59. The number of aliphatic carboxylic acids is 1. The van der Waals surface area contributed by atoms with Crippen molar-refractivity contribution in [1.29, 1.82) is 0 Å². The highest BCUT2D eigenvalue weighted by molar-refractivity contribution is 9.10. The minimum atomic E-state index is -0.690. The van der Waals surface area contributed by atoms with Gasteiger partial charge in [-0.05, 0) is 42.7 Å². The Morgan fingerprint density at radius 1 is 1.20 bits per heavy atom. The number of halogens is 1. The van der Waals surface area contributed by atoms with Gasteiger partial charge in [0.1, 0.15) is 0 Å². The van der Waals surface area contributed by atoms with Crippen molar-refractivity contribution in [3.8, 4) is 0 Å². The lowest BCUT2D eigenvalue weighted by Crippen LogP contribution is -2.54. The van der Waals surface area contributed by atoms with Crippen LogP contribution in [0.1, 0.15) is 57.9 Å². The van der Waals surface area contributed by atoms with Crippen LogP contribution in [-0.2, 0) is 10.2 Å². The number of carbonyl (C=O) groups is 1. The van der Waals surface area contributed by atoms with E-state index in [1.165, 1.54) is 0 Å². The molecule has 0 bridgehead atoms. The molecule has 1 fully saturated rings. The van der Waals surface area contributed by atoms with Gasteiger partial charge in [0, 0.05) is 4.47 Å². The molecule has 1 saturated carbocycles. The molecule has 0 aromatic heterocycles. The summed E-state index contributed by atoms with van der Waals surface area (Å²) < 4.78 is 0.920. The third-order valence-electron chi connectivity index (χ3n) is 4.71. The lowest BCUT2D eigenvalue weighted by atomic mass is 9.48. The third-order valence-corrected chi connectivity index (χ3v) is 5.40. The molecule has 0 aliphatic heterocycles. The van der Waals surface area contributed by atoms with Crippen molar-refractivity contribution in [2.24, 2.45) is 5.41 Å². The molecule has 1 aromatic carbocycles. The van der Waals surface area contributed by atoms with Crippen molar-refractivity contribution in [2.75, 3.05) is 0 Å². The molecule has 0 saturated heterocycles. The van der Waals surface area contributed by atoms with Crippen molar-refractivity contribution in [2.45, 2.75) is 57.8 Å². The van der Waals surface area contributed by atoms with Gasteiger partial charge in [0.2, 0.25) is 0 Å². The van der Waals surface area contributed by atoms with Crippen LogP contribution in [0.5, 0.6) is 0 Å². The SMILES string of the molecule is CCCC1(CCC)CC(C(=O)O)(c2ccccc2Br)C1. The molecule has 1 aromatic rings. The van der Waals surface area contributed by atoms with Crippen molar-refractivity contribution in [1.82, 2.24) is 0 Å². The molecular weight excluding hydrogens is 316 g/mol. The van der Waals surface area contributed by atoms with Gasteiger partial charge in [-0.25, -0.2) is 0 Å². The summed E-state index contributed by atoms with van der Waals surface area (Å²) in [4.78, 5) is 11.9. The van der Waals surface area contributed by atoms with Gasteiger partial charge < -0.3 is 5.11 Å². The van der Waals surface area contributed by atoms with Crippen molar-refractivity contribution >= 4 is 21.9 Å². The summed E-state index contributed by atoms with van der Waals surface area (Å²) in [6.45, 7) is 4.38. The van der Waals surface area contributed by atoms with Crippen molar-refractivity contribution in [3.63, 3.8) is 0 Å². The second kappa shape index (κ2) is 5.88. The fraction of sp³-hybridized carbons (Fsp3) is 0.588. The van der Waals surface area contributed by atoms with Crippen LogP contribution in [0.4, 0.5) is 0 Å². The quantitative estimate of drug-likeness (QED) is 0.778. The van der Waals surface area contributed by atoms with Gasteiger partial charge in [-0.1, -0.05) is 60.8 Å². The van der Waals surface area contributed by atoms with Crippen LogP contribution in [-0.4, -0.2) is 11.1 Å². The Kier molecular flexibility index (Phi) is 4.58. The number of benzene rings is 1.